The second-order valence-electron chi connectivity index (χ2n) is 5.72. The van der Waals surface area contributed by atoms with Gasteiger partial charge in [-0.25, -0.2) is 4.98 Å². The molecule has 22 heavy (non-hydrogen) atoms. The SMILES string of the molecule is CCc1ccc(COc2cccc(C3CCNCC3)n2)nc1. The van der Waals surface area contributed by atoms with E-state index in [0.717, 1.165) is 43.7 Å². The molecule has 0 saturated carbocycles. The van der Waals surface area contributed by atoms with E-state index < -0.39 is 0 Å². The lowest BCUT2D eigenvalue weighted by molar-refractivity contribution is 0.287. The summed E-state index contributed by atoms with van der Waals surface area (Å²) < 4.78 is 5.81. The summed E-state index contributed by atoms with van der Waals surface area (Å²) in [6.07, 6.45) is 5.22. The smallest absolute Gasteiger partial charge is 0.213 e. The number of ether oxygens (including phenoxy) is 1. The zero-order chi connectivity index (χ0) is 15.2. The number of piperidine rings is 1. The van der Waals surface area contributed by atoms with Gasteiger partial charge in [0, 0.05) is 23.9 Å². The van der Waals surface area contributed by atoms with Crippen molar-refractivity contribution in [2.45, 2.75) is 38.7 Å². The Kier molecular flexibility index (Phi) is 5.01. The summed E-state index contributed by atoms with van der Waals surface area (Å²) in [4.78, 5) is 9.08. The second-order valence-corrected chi connectivity index (χ2v) is 5.72. The van der Waals surface area contributed by atoms with Gasteiger partial charge in [-0.15, -0.1) is 0 Å². The third kappa shape index (κ3) is 3.83. The van der Waals surface area contributed by atoms with Gasteiger partial charge in [0.05, 0.1) is 5.69 Å². The van der Waals surface area contributed by atoms with Crippen LogP contribution < -0.4 is 10.1 Å². The van der Waals surface area contributed by atoms with E-state index in [0.29, 0.717) is 18.4 Å². The highest BCUT2D eigenvalue weighted by Crippen LogP contribution is 2.25. The topological polar surface area (TPSA) is 47.0 Å². The highest BCUT2D eigenvalue weighted by Gasteiger charge is 2.16. The van der Waals surface area contributed by atoms with Crippen molar-refractivity contribution in [3.63, 3.8) is 0 Å². The maximum Gasteiger partial charge on any atom is 0.213 e. The minimum Gasteiger partial charge on any atom is -0.471 e. The van der Waals surface area contributed by atoms with Crippen LogP contribution in [0.4, 0.5) is 0 Å². The Bertz CT molecular complexity index is 592. The van der Waals surface area contributed by atoms with Crippen molar-refractivity contribution >= 4 is 0 Å². The van der Waals surface area contributed by atoms with Crippen LogP contribution in [0.5, 0.6) is 5.88 Å². The Morgan fingerprint density at radius 3 is 2.77 bits per heavy atom. The average molecular weight is 297 g/mol. The van der Waals surface area contributed by atoms with E-state index >= 15 is 0 Å². The third-order valence-electron chi connectivity index (χ3n) is 4.16. The third-order valence-corrected chi connectivity index (χ3v) is 4.16. The Hall–Kier alpha value is -1.94. The first kappa shape index (κ1) is 15.0. The predicted molar refractivity (Wildman–Crippen MR) is 87.0 cm³/mol. The van der Waals surface area contributed by atoms with Crippen molar-refractivity contribution in [3.8, 4) is 5.88 Å². The number of nitrogens with zero attached hydrogens (tertiary/aromatic N) is 2. The van der Waals surface area contributed by atoms with Crippen LogP contribution in [0, 0.1) is 0 Å². The fraction of sp³-hybridized carbons (Fsp3) is 0.444. The average Bonchev–Trinajstić information content (AvgIpc) is 2.61. The van der Waals surface area contributed by atoms with Crippen molar-refractivity contribution < 1.29 is 4.74 Å². The molecule has 0 unspecified atom stereocenters. The molecule has 1 fully saturated rings. The molecule has 1 aliphatic heterocycles. The number of aryl methyl sites for hydroxylation is 1. The van der Waals surface area contributed by atoms with Gasteiger partial charge in [0.15, 0.2) is 0 Å². The maximum absolute atomic E-state index is 5.81. The number of aromatic nitrogens is 2. The zero-order valence-corrected chi connectivity index (χ0v) is 13.1. The number of rotatable bonds is 5. The number of hydrogen-bond acceptors (Lipinski definition) is 4. The lowest BCUT2D eigenvalue weighted by Gasteiger charge is -2.22. The van der Waals surface area contributed by atoms with Gasteiger partial charge in [-0.3, -0.25) is 4.98 Å². The second kappa shape index (κ2) is 7.36. The van der Waals surface area contributed by atoms with E-state index in [-0.39, 0.29) is 0 Å². The van der Waals surface area contributed by atoms with Gasteiger partial charge in [-0.1, -0.05) is 19.1 Å². The zero-order valence-electron chi connectivity index (χ0n) is 13.1. The number of pyridine rings is 2. The van der Waals surface area contributed by atoms with E-state index in [1.165, 1.54) is 5.56 Å². The van der Waals surface area contributed by atoms with Crippen LogP contribution in [-0.2, 0) is 13.0 Å². The van der Waals surface area contributed by atoms with E-state index in [1.54, 1.807) is 0 Å². The summed E-state index contributed by atoms with van der Waals surface area (Å²) in [6, 6.07) is 10.2. The minimum atomic E-state index is 0.465. The van der Waals surface area contributed by atoms with Gasteiger partial charge in [0.2, 0.25) is 5.88 Å². The lowest BCUT2D eigenvalue weighted by Crippen LogP contribution is -2.27. The van der Waals surface area contributed by atoms with Crippen LogP contribution in [0.25, 0.3) is 0 Å². The van der Waals surface area contributed by atoms with Crippen molar-refractivity contribution in [2.75, 3.05) is 13.1 Å². The molecule has 0 spiro atoms. The van der Waals surface area contributed by atoms with E-state index in [4.69, 9.17) is 4.74 Å². The van der Waals surface area contributed by atoms with Crippen molar-refractivity contribution in [1.82, 2.24) is 15.3 Å². The Morgan fingerprint density at radius 2 is 2.05 bits per heavy atom. The Labute approximate surface area is 132 Å². The molecule has 4 nitrogen and oxygen atoms in total. The molecule has 2 aromatic rings. The molecule has 116 valence electrons. The Morgan fingerprint density at radius 1 is 1.18 bits per heavy atom. The summed E-state index contributed by atoms with van der Waals surface area (Å²) >= 11 is 0. The van der Waals surface area contributed by atoms with Crippen LogP contribution in [0.3, 0.4) is 0 Å². The molecule has 1 N–H and O–H groups in total. The molecule has 0 amide bonds. The first-order valence-electron chi connectivity index (χ1n) is 8.09. The molecule has 0 radical (unpaired) electrons. The fourth-order valence-electron chi connectivity index (χ4n) is 2.75. The van der Waals surface area contributed by atoms with Crippen LogP contribution in [0.15, 0.2) is 36.5 Å². The molecule has 0 bridgehead atoms. The summed E-state index contributed by atoms with van der Waals surface area (Å²) in [5.74, 6) is 1.24. The molecule has 3 heterocycles. The van der Waals surface area contributed by atoms with Gasteiger partial charge in [0.25, 0.3) is 0 Å². The normalized spacial score (nSPS) is 15.7. The summed E-state index contributed by atoms with van der Waals surface area (Å²) in [5, 5.41) is 3.39. The van der Waals surface area contributed by atoms with Crippen molar-refractivity contribution in [1.29, 1.82) is 0 Å². The quantitative estimate of drug-likeness (QED) is 0.921. The maximum atomic E-state index is 5.81. The van der Waals surface area contributed by atoms with E-state index in [9.17, 15) is 0 Å². The highest BCUT2D eigenvalue weighted by atomic mass is 16.5. The van der Waals surface area contributed by atoms with Crippen molar-refractivity contribution in [3.05, 3.63) is 53.5 Å². The van der Waals surface area contributed by atoms with Crippen LogP contribution in [0.2, 0.25) is 0 Å². The monoisotopic (exact) mass is 297 g/mol. The first-order chi connectivity index (χ1) is 10.8. The molecule has 1 aliphatic rings. The van der Waals surface area contributed by atoms with Crippen LogP contribution in [-0.4, -0.2) is 23.1 Å². The fourth-order valence-corrected chi connectivity index (χ4v) is 2.75. The Balaban J connectivity index is 1.62. The van der Waals surface area contributed by atoms with Crippen LogP contribution in [0.1, 0.15) is 42.6 Å². The molecule has 2 aromatic heterocycles. The van der Waals surface area contributed by atoms with Gasteiger partial charge in [-0.05, 0) is 50.0 Å². The van der Waals surface area contributed by atoms with Crippen LogP contribution >= 0.6 is 0 Å². The van der Waals surface area contributed by atoms with Gasteiger partial charge in [-0.2, -0.15) is 0 Å². The summed E-state index contributed by atoms with van der Waals surface area (Å²) in [7, 11) is 0. The molecule has 0 aliphatic carbocycles. The first-order valence-corrected chi connectivity index (χ1v) is 8.09. The lowest BCUT2D eigenvalue weighted by atomic mass is 9.94. The molecule has 1 saturated heterocycles. The molecule has 3 rings (SSSR count). The van der Waals surface area contributed by atoms with E-state index in [1.807, 2.05) is 24.4 Å². The summed E-state index contributed by atoms with van der Waals surface area (Å²) in [6.45, 7) is 4.74. The van der Waals surface area contributed by atoms with Gasteiger partial charge >= 0.3 is 0 Å². The number of hydrogen-bond donors (Lipinski definition) is 1. The molecule has 0 atom stereocenters. The van der Waals surface area contributed by atoms with Crippen molar-refractivity contribution in [2.24, 2.45) is 0 Å². The standard InChI is InChI=1S/C18H23N3O/c1-2-14-6-7-16(20-12-14)13-22-18-5-3-4-17(21-18)15-8-10-19-11-9-15/h3-7,12,15,19H,2,8-11,13H2,1H3. The summed E-state index contributed by atoms with van der Waals surface area (Å²) in [5.41, 5.74) is 3.33. The van der Waals surface area contributed by atoms with Gasteiger partial charge in [0.1, 0.15) is 6.61 Å². The minimum absolute atomic E-state index is 0.465. The largest absolute Gasteiger partial charge is 0.471 e. The molecular formula is C18H23N3O. The molecule has 0 aromatic carbocycles. The number of nitrogens with one attached hydrogen (secondary N) is 1. The highest BCUT2D eigenvalue weighted by molar-refractivity contribution is 5.20. The predicted octanol–water partition coefficient (Wildman–Crippen LogP) is 3.09. The molecular weight excluding hydrogens is 274 g/mol. The molecule has 4 heteroatoms. The van der Waals surface area contributed by atoms with E-state index in [2.05, 4.69) is 34.3 Å². The van der Waals surface area contributed by atoms with Gasteiger partial charge < -0.3 is 10.1 Å².